The first-order valence-corrected chi connectivity index (χ1v) is 5.84. The second-order valence-corrected chi connectivity index (χ2v) is 4.19. The van der Waals surface area contributed by atoms with E-state index in [2.05, 4.69) is 17.6 Å². The second kappa shape index (κ2) is 5.32. The Labute approximate surface area is 96.7 Å². The molecule has 0 aliphatic heterocycles. The third-order valence-corrected chi connectivity index (χ3v) is 3.12. The zero-order chi connectivity index (χ0) is 11.4. The Morgan fingerprint density at radius 1 is 1.25 bits per heavy atom. The zero-order valence-electron chi connectivity index (χ0n) is 9.90. The number of nitrogens with one attached hydrogen (secondary N) is 1. The summed E-state index contributed by atoms with van der Waals surface area (Å²) in [4.78, 5) is 5.19. The molecule has 16 heavy (non-hydrogen) atoms. The predicted molar refractivity (Wildman–Crippen MR) is 63.5 cm³/mol. The normalized spacial score (nSPS) is 23.9. The third kappa shape index (κ3) is 2.54. The van der Waals surface area contributed by atoms with Gasteiger partial charge in [0.2, 0.25) is 0 Å². The number of hydroxylamine groups is 1. The van der Waals surface area contributed by atoms with Crippen molar-refractivity contribution in [2.24, 2.45) is 0 Å². The van der Waals surface area contributed by atoms with Crippen molar-refractivity contribution in [3.05, 3.63) is 29.8 Å². The molecule has 1 aliphatic rings. The Morgan fingerprint density at radius 3 is 2.50 bits per heavy atom. The summed E-state index contributed by atoms with van der Waals surface area (Å²) in [5.41, 5.74) is 4.46. The van der Waals surface area contributed by atoms with Crippen LogP contribution in [0.5, 0.6) is 5.75 Å². The van der Waals surface area contributed by atoms with Crippen LogP contribution in [-0.4, -0.2) is 19.8 Å². The lowest BCUT2D eigenvalue weighted by atomic mass is 9.76. The van der Waals surface area contributed by atoms with E-state index in [1.165, 1.54) is 5.56 Å². The van der Waals surface area contributed by atoms with Gasteiger partial charge in [0.05, 0.1) is 13.7 Å². The minimum Gasteiger partial charge on any atom is -0.497 e. The monoisotopic (exact) mass is 221 g/mol. The first kappa shape index (κ1) is 11.4. The molecule has 0 unspecified atom stereocenters. The quantitative estimate of drug-likeness (QED) is 0.775. The Kier molecular flexibility index (Phi) is 3.80. The molecule has 1 aromatic carbocycles. The van der Waals surface area contributed by atoms with E-state index in [0.717, 1.165) is 25.2 Å². The molecule has 1 fully saturated rings. The van der Waals surface area contributed by atoms with Gasteiger partial charge < -0.3 is 9.57 Å². The number of rotatable bonds is 5. The van der Waals surface area contributed by atoms with E-state index in [1.807, 2.05) is 19.1 Å². The molecule has 1 saturated carbocycles. The second-order valence-electron chi connectivity index (χ2n) is 4.19. The van der Waals surface area contributed by atoms with Gasteiger partial charge in [-0.1, -0.05) is 12.1 Å². The Hall–Kier alpha value is -1.06. The van der Waals surface area contributed by atoms with Gasteiger partial charge in [0, 0.05) is 6.04 Å². The molecule has 0 aromatic heterocycles. The van der Waals surface area contributed by atoms with Gasteiger partial charge >= 0.3 is 0 Å². The van der Waals surface area contributed by atoms with Crippen LogP contribution in [0.4, 0.5) is 0 Å². The molecular weight excluding hydrogens is 202 g/mol. The van der Waals surface area contributed by atoms with Gasteiger partial charge in [-0.2, -0.15) is 5.48 Å². The van der Waals surface area contributed by atoms with Crippen LogP contribution in [0.2, 0.25) is 0 Å². The summed E-state index contributed by atoms with van der Waals surface area (Å²) in [6, 6.07) is 8.88. The fourth-order valence-corrected chi connectivity index (χ4v) is 2.06. The topological polar surface area (TPSA) is 30.5 Å². The van der Waals surface area contributed by atoms with Crippen molar-refractivity contribution in [3.63, 3.8) is 0 Å². The standard InChI is InChI=1S/C13H19NO2/c1-3-16-14-12-8-11(9-12)10-4-6-13(15-2)7-5-10/h4-7,11-12,14H,3,8-9H2,1-2H3. The van der Waals surface area contributed by atoms with E-state index in [9.17, 15) is 0 Å². The van der Waals surface area contributed by atoms with Crippen LogP contribution < -0.4 is 10.2 Å². The van der Waals surface area contributed by atoms with Gasteiger partial charge in [-0.15, -0.1) is 0 Å². The molecule has 0 amide bonds. The van der Waals surface area contributed by atoms with Crippen molar-refractivity contribution in [1.82, 2.24) is 5.48 Å². The molecular formula is C13H19NO2. The molecule has 0 saturated heterocycles. The van der Waals surface area contributed by atoms with Gasteiger partial charge in [0.15, 0.2) is 0 Å². The molecule has 0 spiro atoms. The number of benzene rings is 1. The summed E-state index contributed by atoms with van der Waals surface area (Å²) < 4.78 is 5.14. The van der Waals surface area contributed by atoms with Crippen molar-refractivity contribution < 1.29 is 9.57 Å². The average molecular weight is 221 g/mol. The van der Waals surface area contributed by atoms with Crippen LogP contribution in [0.1, 0.15) is 31.2 Å². The average Bonchev–Trinajstić information content (AvgIpc) is 2.28. The molecule has 1 aliphatic carbocycles. The third-order valence-electron chi connectivity index (χ3n) is 3.12. The van der Waals surface area contributed by atoms with Gasteiger partial charge in [0.1, 0.15) is 5.75 Å². The van der Waals surface area contributed by atoms with Crippen LogP contribution in [0.15, 0.2) is 24.3 Å². The molecule has 0 bridgehead atoms. The fraction of sp³-hybridized carbons (Fsp3) is 0.538. The van der Waals surface area contributed by atoms with Crippen molar-refractivity contribution >= 4 is 0 Å². The van der Waals surface area contributed by atoms with E-state index in [1.54, 1.807) is 7.11 Å². The number of hydrogen-bond acceptors (Lipinski definition) is 3. The highest BCUT2D eigenvalue weighted by Crippen LogP contribution is 2.37. The summed E-state index contributed by atoms with van der Waals surface area (Å²) in [7, 11) is 1.69. The summed E-state index contributed by atoms with van der Waals surface area (Å²) >= 11 is 0. The number of methoxy groups -OCH3 is 1. The van der Waals surface area contributed by atoms with Crippen molar-refractivity contribution in [3.8, 4) is 5.75 Å². The van der Waals surface area contributed by atoms with Crippen molar-refractivity contribution in [2.45, 2.75) is 31.7 Å². The first-order chi connectivity index (χ1) is 7.83. The van der Waals surface area contributed by atoms with E-state index in [4.69, 9.17) is 9.57 Å². The van der Waals surface area contributed by atoms with Crippen LogP contribution >= 0.6 is 0 Å². The molecule has 2 rings (SSSR count). The van der Waals surface area contributed by atoms with Crippen molar-refractivity contribution in [2.75, 3.05) is 13.7 Å². The maximum absolute atomic E-state index is 5.19. The highest BCUT2D eigenvalue weighted by Gasteiger charge is 2.30. The lowest BCUT2D eigenvalue weighted by Crippen LogP contribution is -2.39. The molecule has 88 valence electrons. The highest BCUT2D eigenvalue weighted by atomic mass is 16.6. The Bertz CT molecular complexity index is 317. The zero-order valence-corrected chi connectivity index (χ0v) is 9.90. The van der Waals surface area contributed by atoms with E-state index < -0.39 is 0 Å². The number of ether oxygens (including phenoxy) is 1. The molecule has 3 nitrogen and oxygen atoms in total. The lowest BCUT2D eigenvalue weighted by Gasteiger charge is -2.35. The smallest absolute Gasteiger partial charge is 0.118 e. The summed E-state index contributed by atoms with van der Waals surface area (Å²) in [5, 5.41) is 0. The molecule has 0 radical (unpaired) electrons. The minimum absolute atomic E-state index is 0.520. The first-order valence-electron chi connectivity index (χ1n) is 5.84. The maximum atomic E-state index is 5.19. The summed E-state index contributed by atoms with van der Waals surface area (Å²) in [5.74, 6) is 1.59. The number of hydrogen-bond donors (Lipinski definition) is 1. The van der Waals surface area contributed by atoms with Gasteiger partial charge in [0.25, 0.3) is 0 Å². The molecule has 1 N–H and O–H groups in total. The molecule has 0 heterocycles. The summed E-state index contributed by atoms with van der Waals surface area (Å²) in [6.07, 6.45) is 2.32. The Balaban J connectivity index is 1.82. The van der Waals surface area contributed by atoms with Crippen LogP contribution in [-0.2, 0) is 4.84 Å². The largest absolute Gasteiger partial charge is 0.497 e. The minimum atomic E-state index is 0.520. The van der Waals surface area contributed by atoms with Gasteiger partial charge in [-0.25, -0.2) is 0 Å². The van der Waals surface area contributed by atoms with Gasteiger partial charge in [-0.05, 0) is 43.4 Å². The predicted octanol–water partition coefficient (Wildman–Crippen LogP) is 2.48. The Morgan fingerprint density at radius 2 is 1.94 bits per heavy atom. The summed E-state index contributed by atoms with van der Waals surface area (Å²) in [6.45, 7) is 2.72. The SMILES string of the molecule is CCONC1CC(c2ccc(OC)cc2)C1. The molecule has 0 atom stereocenters. The van der Waals surface area contributed by atoms with Crippen LogP contribution in [0.25, 0.3) is 0 Å². The van der Waals surface area contributed by atoms with Gasteiger partial charge in [-0.3, -0.25) is 0 Å². The van der Waals surface area contributed by atoms with Crippen LogP contribution in [0.3, 0.4) is 0 Å². The molecule has 3 heteroatoms. The lowest BCUT2D eigenvalue weighted by molar-refractivity contribution is -0.00157. The maximum Gasteiger partial charge on any atom is 0.118 e. The van der Waals surface area contributed by atoms with Crippen molar-refractivity contribution in [1.29, 1.82) is 0 Å². The highest BCUT2D eigenvalue weighted by molar-refractivity contribution is 5.30. The van der Waals surface area contributed by atoms with E-state index >= 15 is 0 Å². The van der Waals surface area contributed by atoms with E-state index in [-0.39, 0.29) is 0 Å². The fourth-order valence-electron chi connectivity index (χ4n) is 2.06. The van der Waals surface area contributed by atoms with E-state index in [0.29, 0.717) is 12.0 Å². The molecule has 1 aromatic rings. The van der Waals surface area contributed by atoms with Crippen LogP contribution in [0, 0.1) is 0 Å².